The van der Waals surface area contributed by atoms with Crippen molar-refractivity contribution in [3.8, 4) is 5.75 Å². The predicted molar refractivity (Wildman–Crippen MR) is 137 cm³/mol. The lowest BCUT2D eigenvalue weighted by molar-refractivity contribution is -0.136. The maximum Gasteiger partial charge on any atom is 0.313 e. The fourth-order valence-electron chi connectivity index (χ4n) is 2.74. The molecule has 0 radical (unpaired) electrons. The lowest BCUT2D eigenvalue weighted by Gasteiger charge is -2.09. The number of halogens is 3. The standard InChI is InChI=1S/C25H38F3N3O10/c26-21-19-22(27)25(23(28)20-21)41-24(32)1-3-33-5-7-35-9-11-37-13-15-39-17-18-40-16-14-38-12-10-36-8-6-34-4-2-30-31-29/h19-20H,1-18H2. The fourth-order valence-corrected chi connectivity index (χ4v) is 2.74. The third-order valence-electron chi connectivity index (χ3n) is 4.63. The first-order chi connectivity index (χ1) is 20.0. The summed E-state index contributed by atoms with van der Waals surface area (Å²) < 4.78 is 86.9. The molecule has 0 saturated heterocycles. The van der Waals surface area contributed by atoms with Gasteiger partial charge >= 0.3 is 5.97 Å². The number of hydrogen-bond donors (Lipinski definition) is 0. The molecule has 0 saturated carbocycles. The second-order valence-electron chi connectivity index (χ2n) is 7.78. The Hall–Kier alpha value is -2.53. The van der Waals surface area contributed by atoms with Crippen LogP contribution >= 0.6 is 0 Å². The molecule has 0 spiro atoms. The van der Waals surface area contributed by atoms with Gasteiger partial charge in [0, 0.05) is 23.6 Å². The van der Waals surface area contributed by atoms with E-state index in [-0.39, 0.29) is 26.2 Å². The molecule has 0 atom stereocenters. The number of hydrogen-bond acceptors (Lipinski definition) is 11. The van der Waals surface area contributed by atoms with Gasteiger partial charge in [-0.25, -0.2) is 13.2 Å². The molecular formula is C25H38F3N3O10. The van der Waals surface area contributed by atoms with Crippen LogP contribution < -0.4 is 4.74 Å². The van der Waals surface area contributed by atoms with Gasteiger partial charge < -0.3 is 42.6 Å². The smallest absolute Gasteiger partial charge is 0.313 e. The Balaban J connectivity index is 1.75. The Morgan fingerprint density at radius 2 is 0.951 bits per heavy atom. The van der Waals surface area contributed by atoms with Crippen LogP contribution in [0.5, 0.6) is 5.75 Å². The normalized spacial score (nSPS) is 11.0. The molecule has 0 fully saturated rings. The van der Waals surface area contributed by atoms with Crippen LogP contribution in [0.3, 0.4) is 0 Å². The van der Waals surface area contributed by atoms with E-state index in [9.17, 15) is 18.0 Å². The topological polar surface area (TPSA) is 149 Å². The number of carbonyl (C=O) groups excluding carboxylic acids is 1. The third-order valence-corrected chi connectivity index (χ3v) is 4.63. The molecule has 0 aromatic heterocycles. The summed E-state index contributed by atoms with van der Waals surface area (Å²) in [5.74, 6) is -5.57. The van der Waals surface area contributed by atoms with Gasteiger partial charge in [-0.15, -0.1) is 0 Å². The summed E-state index contributed by atoms with van der Waals surface area (Å²) in [6, 6.07) is 0.845. The van der Waals surface area contributed by atoms with Crippen LogP contribution in [0.15, 0.2) is 17.2 Å². The van der Waals surface area contributed by atoms with E-state index in [0.717, 1.165) is 0 Å². The van der Waals surface area contributed by atoms with Gasteiger partial charge in [-0.3, -0.25) is 4.79 Å². The molecule has 0 heterocycles. The number of rotatable bonds is 28. The van der Waals surface area contributed by atoms with Crippen molar-refractivity contribution in [3.63, 3.8) is 0 Å². The molecule has 0 amide bonds. The van der Waals surface area contributed by atoms with Gasteiger partial charge in [0.05, 0.1) is 112 Å². The maximum absolute atomic E-state index is 13.5. The largest absolute Gasteiger partial charge is 0.420 e. The highest BCUT2D eigenvalue weighted by Crippen LogP contribution is 2.23. The average Bonchev–Trinajstić information content (AvgIpc) is 2.94. The lowest BCUT2D eigenvalue weighted by Crippen LogP contribution is -2.16. The monoisotopic (exact) mass is 597 g/mol. The number of esters is 1. The van der Waals surface area contributed by atoms with Gasteiger partial charge in [0.2, 0.25) is 5.75 Å². The van der Waals surface area contributed by atoms with Crippen molar-refractivity contribution in [2.45, 2.75) is 6.42 Å². The molecule has 234 valence electrons. The van der Waals surface area contributed by atoms with E-state index in [1.807, 2.05) is 0 Å². The first kappa shape index (κ1) is 36.5. The van der Waals surface area contributed by atoms with Crippen molar-refractivity contribution < 1.29 is 60.6 Å². The predicted octanol–water partition coefficient (Wildman–Crippen LogP) is 2.84. The Morgan fingerprint density at radius 1 is 0.610 bits per heavy atom. The summed E-state index contributed by atoms with van der Waals surface area (Å²) in [5, 5.41) is 3.35. The van der Waals surface area contributed by atoms with Crippen molar-refractivity contribution in [1.29, 1.82) is 0 Å². The zero-order chi connectivity index (χ0) is 29.8. The van der Waals surface area contributed by atoms with Gasteiger partial charge in [-0.05, 0) is 5.53 Å². The summed E-state index contributed by atoms with van der Waals surface area (Å²) in [6.07, 6.45) is -0.241. The van der Waals surface area contributed by atoms with E-state index in [1.165, 1.54) is 0 Å². The summed E-state index contributed by atoms with van der Waals surface area (Å²) in [4.78, 5) is 14.3. The zero-order valence-electron chi connectivity index (χ0n) is 22.9. The quantitative estimate of drug-likeness (QED) is 0.0353. The van der Waals surface area contributed by atoms with Gasteiger partial charge in [0.25, 0.3) is 0 Å². The van der Waals surface area contributed by atoms with Gasteiger partial charge in [0.15, 0.2) is 11.6 Å². The molecule has 0 aliphatic carbocycles. The summed E-state index contributed by atoms with van der Waals surface area (Å²) in [5.41, 5.74) is 8.11. The minimum atomic E-state index is -1.30. The molecule has 1 rings (SSSR count). The molecule has 0 aliphatic heterocycles. The van der Waals surface area contributed by atoms with Crippen LogP contribution in [0.2, 0.25) is 0 Å². The highest BCUT2D eigenvalue weighted by molar-refractivity contribution is 5.72. The first-order valence-electron chi connectivity index (χ1n) is 13.0. The van der Waals surface area contributed by atoms with E-state index < -0.39 is 29.2 Å². The van der Waals surface area contributed by atoms with Crippen LogP contribution in [0.25, 0.3) is 10.4 Å². The van der Waals surface area contributed by atoms with Crippen LogP contribution in [-0.4, -0.2) is 118 Å². The highest BCUT2D eigenvalue weighted by Gasteiger charge is 2.16. The number of carbonyl (C=O) groups is 1. The Morgan fingerprint density at radius 3 is 1.32 bits per heavy atom. The average molecular weight is 598 g/mol. The van der Waals surface area contributed by atoms with E-state index >= 15 is 0 Å². The second kappa shape index (κ2) is 26.4. The molecular weight excluding hydrogens is 559 g/mol. The van der Waals surface area contributed by atoms with E-state index in [0.29, 0.717) is 105 Å². The second-order valence-corrected chi connectivity index (χ2v) is 7.78. The van der Waals surface area contributed by atoms with Crippen molar-refractivity contribution in [2.24, 2.45) is 5.11 Å². The van der Waals surface area contributed by atoms with Crippen LogP contribution in [0, 0.1) is 17.5 Å². The molecule has 41 heavy (non-hydrogen) atoms. The van der Waals surface area contributed by atoms with Gasteiger partial charge in [-0.1, -0.05) is 5.11 Å². The van der Waals surface area contributed by atoms with Crippen LogP contribution in [0.1, 0.15) is 6.42 Å². The number of nitrogens with zero attached hydrogens (tertiary/aromatic N) is 3. The Bertz CT molecular complexity index is 843. The van der Waals surface area contributed by atoms with Gasteiger partial charge in [0.1, 0.15) is 5.82 Å². The summed E-state index contributed by atoms with van der Waals surface area (Å²) in [6.45, 7) is 6.19. The zero-order valence-corrected chi connectivity index (χ0v) is 22.9. The Labute approximate surface area is 236 Å². The van der Waals surface area contributed by atoms with E-state index in [2.05, 4.69) is 14.8 Å². The van der Waals surface area contributed by atoms with Crippen molar-refractivity contribution in [3.05, 3.63) is 40.0 Å². The first-order valence-corrected chi connectivity index (χ1v) is 13.0. The lowest BCUT2D eigenvalue weighted by atomic mass is 10.3. The molecule has 0 bridgehead atoms. The summed E-state index contributed by atoms with van der Waals surface area (Å²) >= 11 is 0. The minimum absolute atomic E-state index is 0.0355. The molecule has 0 aliphatic rings. The fraction of sp³-hybridized carbons (Fsp3) is 0.720. The number of ether oxygens (including phenoxy) is 9. The molecule has 16 heteroatoms. The minimum Gasteiger partial charge on any atom is -0.420 e. The highest BCUT2D eigenvalue weighted by atomic mass is 19.1. The van der Waals surface area contributed by atoms with Gasteiger partial charge in [-0.2, -0.15) is 0 Å². The molecule has 1 aromatic carbocycles. The molecule has 1 aromatic rings. The number of azide groups is 1. The Kier molecular flexibility index (Phi) is 23.5. The molecule has 13 nitrogen and oxygen atoms in total. The van der Waals surface area contributed by atoms with E-state index in [1.54, 1.807) is 0 Å². The van der Waals surface area contributed by atoms with E-state index in [4.69, 9.17) is 43.4 Å². The molecule has 0 N–H and O–H groups in total. The van der Waals surface area contributed by atoms with Crippen LogP contribution in [0.4, 0.5) is 13.2 Å². The summed E-state index contributed by atoms with van der Waals surface area (Å²) in [7, 11) is 0. The van der Waals surface area contributed by atoms with Crippen molar-refractivity contribution in [2.75, 3.05) is 112 Å². The van der Waals surface area contributed by atoms with Crippen LogP contribution in [-0.2, 0) is 42.7 Å². The third kappa shape index (κ3) is 21.8. The SMILES string of the molecule is [N-]=[N+]=NCCOCCOCCOCCOCCOCCOCCOCCOCCC(=O)Oc1c(F)cc(F)cc1F. The van der Waals surface area contributed by atoms with Crippen molar-refractivity contribution in [1.82, 2.24) is 0 Å². The number of benzene rings is 1. The van der Waals surface area contributed by atoms with Crippen molar-refractivity contribution >= 4 is 5.97 Å². The molecule has 0 unspecified atom stereocenters. The maximum atomic E-state index is 13.5.